The molecule has 0 amide bonds. The van der Waals surface area contributed by atoms with Crippen LogP contribution in [0.3, 0.4) is 0 Å². The number of nitro groups is 1. The van der Waals surface area contributed by atoms with Crippen molar-refractivity contribution in [2.45, 2.75) is 31.7 Å². The first-order valence-corrected chi connectivity index (χ1v) is 8.00. The van der Waals surface area contributed by atoms with Crippen LogP contribution in [0.4, 0.5) is 5.69 Å². The van der Waals surface area contributed by atoms with Gasteiger partial charge in [0.25, 0.3) is 5.69 Å². The summed E-state index contributed by atoms with van der Waals surface area (Å²) in [6.07, 6.45) is 5.19. The van der Waals surface area contributed by atoms with Crippen molar-refractivity contribution in [3.05, 3.63) is 69.5 Å². The standard InChI is InChI=1S/C18H21N3O2/c1-20(10-9-14-5-3-2-4-6-14)16-7-8-18-15(11-16)12-17(13-19-18)21(22)23/h2-6,12-13,16H,7-11H2,1H3. The molecule has 1 aromatic heterocycles. The third-order valence-electron chi connectivity index (χ3n) is 4.65. The molecule has 1 heterocycles. The quantitative estimate of drug-likeness (QED) is 0.629. The van der Waals surface area contributed by atoms with Crippen LogP contribution < -0.4 is 0 Å². The minimum absolute atomic E-state index is 0.0938. The van der Waals surface area contributed by atoms with Gasteiger partial charge in [-0.25, -0.2) is 0 Å². The van der Waals surface area contributed by atoms with Gasteiger partial charge in [-0.2, -0.15) is 0 Å². The number of likely N-dealkylation sites (N-methyl/N-ethyl adjacent to an activating group) is 1. The van der Waals surface area contributed by atoms with Gasteiger partial charge in [-0.15, -0.1) is 0 Å². The second-order valence-electron chi connectivity index (χ2n) is 6.17. The van der Waals surface area contributed by atoms with Gasteiger partial charge in [0.15, 0.2) is 0 Å². The summed E-state index contributed by atoms with van der Waals surface area (Å²) in [5.74, 6) is 0. The maximum absolute atomic E-state index is 10.9. The molecular formula is C18H21N3O2. The predicted octanol–water partition coefficient (Wildman–Crippen LogP) is 3.02. The fourth-order valence-electron chi connectivity index (χ4n) is 3.20. The Kier molecular flexibility index (Phi) is 4.67. The summed E-state index contributed by atoms with van der Waals surface area (Å²) in [6, 6.07) is 12.6. The molecule has 0 saturated carbocycles. The van der Waals surface area contributed by atoms with Gasteiger partial charge < -0.3 is 4.90 Å². The summed E-state index contributed by atoms with van der Waals surface area (Å²) in [4.78, 5) is 17.2. The van der Waals surface area contributed by atoms with Gasteiger partial charge in [0.2, 0.25) is 0 Å². The van der Waals surface area contributed by atoms with Crippen molar-refractivity contribution in [2.24, 2.45) is 0 Å². The Morgan fingerprint density at radius 1 is 1.35 bits per heavy atom. The highest BCUT2D eigenvalue weighted by Gasteiger charge is 2.24. The zero-order valence-corrected chi connectivity index (χ0v) is 13.3. The second-order valence-corrected chi connectivity index (χ2v) is 6.17. The number of benzene rings is 1. The van der Waals surface area contributed by atoms with Gasteiger partial charge >= 0.3 is 0 Å². The van der Waals surface area contributed by atoms with Crippen LogP contribution >= 0.6 is 0 Å². The van der Waals surface area contributed by atoms with Crippen molar-refractivity contribution in [1.29, 1.82) is 0 Å². The van der Waals surface area contributed by atoms with E-state index in [9.17, 15) is 10.1 Å². The zero-order chi connectivity index (χ0) is 16.2. The van der Waals surface area contributed by atoms with Crippen molar-refractivity contribution >= 4 is 5.69 Å². The fraction of sp³-hybridized carbons (Fsp3) is 0.389. The summed E-state index contributed by atoms with van der Waals surface area (Å²) in [6.45, 7) is 0.992. The molecule has 0 N–H and O–H groups in total. The molecule has 0 radical (unpaired) electrons. The van der Waals surface area contributed by atoms with E-state index < -0.39 is 0 Å². The molecule has 1 aliphatic rings. The number of fused-ring (bicyclic) bond motifs is 1. The van der Waals surface area contributed by atoms with E-state index in [0.29, 0.717) is 6.04 Å². The lowest BCUT2D eigenvalue weighted by Crippen LogP contribution is -2.38. The highest BCUT2D eigenvalue weighted by atomic mass is 16.6. The smallest absolute Gasteiger partial charge is 0.287 e. The van der Waals surface area contributed by atoms with Gasteiger partial charge in [-0.1, -0.05) is 30.3 Å². The summed E-state index contributed by atoms with van der Waals surface area (Å²) in [7, 11) is 2.14. The van der Waals surface area contributed by atoms with E-state index in [2.05, 4.69) is 41.2 Å². The number of rotatable bonds is 5. The van der Waals surface area contributed by atoms with Gasteiger partial charge in [-0.05, 0) is 43.9 Å². The van der Waals surface area contributed by atoms with Crippen molar-refractivity contribution in [3.8, 4) is 0 Å². The van der Waals surface area contributed by atoms with Crippen LogP contribution in [0, 0.1) is 10.1 Å². The highest BCUT2D eigenvalue weighted by molar-refractivity contribution is 5.36. The van der Waals surface area contributed by atoms with E-state index in [-0.39, 0.29) is 10.6 Å². The molecule has 5 nitrogen and oxygen atoms in total. The maximum atomic E-state index is 10.9. The van der Waals surface area contributed by atoms with Gasteiger partial charge in [0.1, 0.15) is 6.20 Å². The van der Waals surface area contributed by atoms with Crippen molar-refractivity contribution in [2.75, 3.05) is 13.6 Å². The molecule has 1 unspecified atom stereocenters. The molecule has 0 saturated heterocycles. The maximum Gasteiger partial charge on any atom is 0.287 e. The van der Waals surface area contributed by atoms with E-state index in [1.54, 1.807) is 6.07 Å². The Bertz CT molecular complexity index is 688. The number of pyridine rings is 1. The average Bonchev–Trinajstić information content (AvgIpc) is 2.59. The summed E-state index contributed by atoms with van der Waals surface area (Å²) in [5.41, 5.74) is 3.48. The molecule has 0 fully saturated rings. The van der Waals surface area contributed by atoms with Crippen LogP contribution in [-0.2, 0) is 19.3 Å². The van der Waals surface area contributed by atoms with Crippen molar-refractivity contribution in [3.63, 3.8) is 0 Å². The van der Waals surface area contributed by atoms with Crippen LogP contribution in [0.5, 0.6) is 0 Å². The molecule has 0 bridgehead atoms. The Morgan fingerprint density at radius 3 is 2.87 bits per heavy atom. The molecule has 0 aliphatic heterocycles. The molecule has 1 atom stereocenters. The van der Waals surface area contributed by atoms with Crippen LogP contribution in [0.25, 0.3) is 0 Å². The number of nitrogens with zero attached hydrogens (tertiary/aromatic N) is 3. The van der Waals surface area contributed by atoms with Gasteiger partial charge in [0.05, 0.1) is 4.92 Å². The zero-order valence-electron chi connectivity index (χ0n) is 13.3. The van der Waals surface area contributed by atoms with Crippen LogP contribution in [0.1, 0.15) is 23.2 Å². The lowest BCUT2D eigenvalue weighted by Gasteiger charge is -2.32. The molecule has 2 aromatic rings. The fourth-order valence-corrected chi connectivity index (χ4v) is 3.20. The summed E-state index contributed by atoms with van der Waals surface area (Å²) < 4.78 is 0. The van der Waals surface area contributed by atoms with Crippen LogP contribution in [0.2, 0.25) is 0 Å². The molecule has 1 aliphatic carbocycles. The molecule has 120 valence electrons. The number of aryl methyl sites for hydroxylation is 1. The first kappa shape index (κ1) is 15.6. The van der Waals surface area contributed by atoms with E-state index >= 15 is 0 Å². The van der Waals surface area contributed by atoms with Gasteiger partial charge in [-0.3, -0.25) is 15.1 Å². The minimum Gasteiger partial charge on any atom is -0.303 e. The molecular weight excluding hydrogens is 290 g/mol. The SMILES string of the molecule is CN(CCc1ccccc1)C1CCc2ncc([N+](=O)[O-])cc2C1. The third kappa shape index (κ3) is 3.74. The van der Waals surface area contributed by atoms with E-state index in [0.717, 1.165) is 43.5 Å². The van der Waals surface area contributed by atoms with Crippen LogP contribution in [0.15, 0.2) is 42.6 Å². The summed E-state index contributed by atoms with van der Waals surface area (Å²) in [5, 5.41) is 10.9. The first-order chi connectivity index (χ1) is 11.1. The largest absolute Gasteiger partial charge is 0.303 e. The Balaban J connectivity index is 1.63. The Morgan fingerprint density at radius 2 is 2.13 bits per heavy atom. The molecule has 1 aromatic carbocycles. The Labute approximate surface area is 136 Å². The number of hydrogen-bond donors (Lipinski definition) is 0. The monoisotopic (exact) mass is 311 g/mol. The van der Waals surface area contributed by atoms with E-state index in [1.807, 2.05) is 6.07 Å². The van der Waals surface area contributed by atoms with Crippen molar-refractivity contribution < 1.29 is 4.92 Å². The van der Waals surface area contributed by atoms with Gasteiger partial charge in [0, 0.05) is 24.3 Å². The second kappa shape index (κ2) is 6.87. The third-order valence-corrected chi connectivity index (χ3v) is 4.65. The van der Waals surface area contributed by atoms with Crippen molar-refractivity contribution in [1.82, 2.24) is 9.88 Å². The summed E-state index contributed by atoms with van der Waals surface area (Å²) >= 11 is 0. The lowest BCUT2D eigenvalue weighted by atomic mass is 9.90. The number of hydrogen-bond acceptors (Lipinski definition) is 4. The van der Waals surface area contributed by atoms with Crippen LogP contribution in [-0.4, -0.2) is 34.4 Å². The lowest BCUT2D eigenvalue weighted by molar-refractivity contribution is -0.385. The van der Waals surface area contributed by atoms with E-state index in [4.69, 9.17) is 0 Å². The highest BCUT2D eigenvalue weighted by Crippen LogP contribution is 2.25. The molecule has 23 heavy (non-hydrogen) atoms. The molecule has 3 rings (SSSR count). The first-order valence-electron chi connectivity index (χ1n) is 8.00. The molecule has 0 spiro atoms. The number of aromatic nitrogens is 1. The minimum atomic E-state index is -0.365. The normalized spacial score (nSPS) is 17.0. The molecule has 5 heteroatoms. The average molecular weight is 311 g/mol. The topological polar surface area (TPSA) is 59.3 Å². The predicted molar refractivity (Wildman–Crippen MR) is 89.5 cm³/mol. The Hall–Kier alpha value is -2.27. The van der Waals surface area contributed by atoms with E-state index in [1.165, 1.54) is 11.8 Å².